The summed E-state index contributed by atoms with van der Waals surface area (Å²) >= 11 is 0. The van der Waals surface area contributed by atoms with Crippen molar-refractivity contribution >= 4 is 26.1 Å². The number of aromatic nitrogens is 2. The van der Waals surface area contributed by atoms with E-state index >= 15 is 4.39 Å². The maximum absolute atomic E-state index is 16.1. The van der Waals surface area contributed by atoms with Crippen LogP contribution in [0.5, 0.6) is 5.75 Å². The van der Waals surface area contributed by atoms with E-state index in [1.165, 1.54) is 19.1 Å². The van der Waals surface area contributed by atoms with Crippen LogP contribution in [0.4, 0.5) is 9.18 Å². The van der Waals surface area contributed by atoms with Crippen LogP contribution in [-0.4, -0.2) is 75.8 Å². The van der Waals surface area contributed by atoms with Crippen molar-refractivity contribution in [3.63, 3.8) is 0 Å². The molecule has 1 aromatic carbocycles. The van der Waals surface area contributed by atoms with Crippen LogP contribution in [-0.2, 0) is 39.6 Å². The molecule has 4 rings (SSSR count). The summed E-state index contributed by atoms with van der Waals surface area (Å²) in [4.78, 5) is 59.8. The van der Waals surface area contributed by atoms with Crippen LogP contribution in [0, 0.1) is 0 Å². The third kappa shape index (κ3) is 6.70. The van der Waals surface area contributed by atoms with Crippen molar-refractivity contribution < 1.29 is 51.7 Å². The number of rotatable bonds is 12. The predicted octanol–water partition coefficient (Wildman–Crippen LogP) is 0.376. The zero-order chi connectivity index (χ0) is 31.6. The van der Waals surface area contributed by atoms with E-state index in [1.54, 1.807) is 18.2 Å². The maximum Gasteiger partial charge on any atom is 0.459 e. The summed E-state index contributed by atoms with van der Waals surface area (Å²) < 4.78 is 57.1. The molecule has 0 radical (unpaired) electrons. The Morgan fingerprint density at radius 2 is 1.98 bits per heavy atom. The number of aldehydes is 1. The highest BCUT2D eigenvalue weighted by Gasteiger charge is 2.76. The van der Waals surface area contributed by atoms with Gasteiger partial charge in [0.05, 0.1) is 13.2 Å². The number of hydrogen-bond donors (Lipinski definition) is 3. The van der Waals surface area contributed by atoms with Crippen LogP contribution in [0.25, 0.3) is 0 Å². The van der Waals surface area contributed by atoms with Crippen LogP contribution in [0.1, 0.15) is 26.5 Å². The maximum atomic E-state index is 16.1. The SMILES string of the molecule is COC(=O)NCC(=O)OCn1c(=O)ccn([C@@H]2OC3(C[C@H]3O[P@](=O)(N[C@@H](C)C=O)Oc3ccccc3)[C@@H](O)[C@@]2(C)F)c1=O. The zero-order valence-electron chi connectivity index (χ0n) is 23.2. The Hall–Kier alpha value is -3.89. The molecular formula is C25H30FN4O12P. The molecule has 1 aliphatic heterocycles. The average molecular weight is 629 g/mol. The highest BCUT2D eigenvalue weighted by molar-refractivity contribution is 7.52. The van der Waals surface area contributed by atoms with Crippen LogP contribution >= 0.6 is 7.75 Å². The first-order valence-corrected chi connectivity index (χ1v) is 14.4. The minimum atomic E-state index is -4.29. The fraction of sp³-hybridized carbons (Fsp3) is 0.480. The quantitative estimate of drug-likeness (QED) is 0.166. The number of benzene rings is 1. The van der Waals surface area contributed by atoms with Gasteiger partial charge in [-0.05, 0) is 26.0 Å². The summed E-state index contributed by atoms with van der Waals surface area (Å²) in [7, 11) is -3.22. The molecule has 1 saturated heterocycles. The van der Waals surface area contributed by atoms with Gasteiger partial charge in [0.1, 0.15) is 36.4 Å². The van der Waals surface area contributed by atoms with E-state index in [0.29, 0.717) is 15.4 Å². The van der Waals surface area contributed by atoms with Gasteiger partial charge >= 0.3 is 25.5 Å². The summed E-state index contributed by atoms with van der Waals surface area (Å²) in [5.74, 6) is -0.866. The topological polar surface area (TPSA) is 203 Å². The van der Waals surface area contributed by atoms with E-state index in [1.807, 2.05) is 0 Å². The normalized spacial score (nSPS) is 28.0. The molecule has 1 spiro atoms. The largest absolute Gasteiger partial charge is 0.459 e. The first-order chi connectivity index (χ1) is 20.3. The Bertz CT molecular complexity index is 1530. The number of nitrogens with zero attached hydrogens (tertiary/aromatic N) is 2. The number of nitrogens with one attached hydrogen (secondary N) is 2. The fourth-order valence-corrected chi connectivity index (χ4v) is 6.18. The number of ether oxygens (including phenoxy) is 3. The van der Waals surface area contributed by atoms with Crippen molar-refractivity contribution in [1.82, 2.24) is 19.5 Å². The first-order valence-electron chi connectivity index (χ1n) is 12.9. The zero-order valence-corrected chi connectivity index (χ0v) is 24.1. The number of halogens is 1. The summed E-state index contributed by atoms with van der Waals surface area (Å²) in [6.45, 7) is 0.880. The van der Waals surface area contributed by atoms with E-state index in [-0.39, 0.29) is 12.2 Å². The molecule has 2 fully saturated rings. The van der Waals surface area contributed by atoms with Crippen molar-refractivity contribution in [3.05, 3.63) is 63.4 Å². The van der Waals surface area contributed by atoms with Gasteiger partial charge in [-0.2, -0.15) is 0 Å². The molecule has 2 heterocycles. The second-order valence-electron chi connectivity index (χ2n) is 10.00. The number of carbonyl (C=O) groups excluding carboxylic acids is 3. The number of aliphatic hydroxyl groups is 1. The van der Waals surface area contributed by atoms with Crippen LogP contribution in [0.2, 0.25) is 0 Å². The first kappa shape index (κ1) is 32.0. The van der Waals surface area contributed by atoms with Crippen molar-refractivity contribution in [1.29, 1.82) is 0 Å². The van der Waals surface area contributed by atoms with Gasteiger partial charge in [-0.15, -0.1) is 0 Å². The van der Waals surface area contributed by atoms with Gasteiger partial charge in [0.2, 0.25) is 0 Å². The molecule has 1 amide bonds. The number of alkyl carbamates (subject to hydrolysis) is 1. The highest BCUT2D eigenvalue weighted by Crippen LogP contribution is 2.63. The van der Waals surface area contributed by atoms with E-state index < -0.39 is 80.1 Å². The Morgan fingerprint density at radius 3 is 2.63 bits per heavy atom. The second-order valence-corrected chi connectivity index (χ2v) is 11.6. The lowest BCUT2D eigenvalue weighted by Gasteiger charge is -2.25. The molecule has 0 bridgehead atoms. The van der Waals surface area contributed by atoms with Gasteiger partial charge in [-0.25, -0.2) is 28.2 Å². The molecule has 3 N–H and O–H groups in total. The fourth-order valence-electron chi connectivity index (χ4n) is 4.48. The highest BCUT2D eigenvalue weighted by atomic mass is 31.2. The van der Waals surface area contributed by atoms with E-state index in [9.17, 15) is 33.6 Å². The molecule has 18 heteroatoms. The predicted molar refractivity (Wildman–Crippen MR) is 143 cm³/mol. The lowest BCUT2D eigenvalue weighted by Crippen LogP contribution is -2.47. The molecule has 1 aromatic heterocycles. The number of amides is 1. The monoisotopic (exact) mass is 628 g/mol. The minimum Gasteiger partial charge on any atom is -0.453 e. The number of aliphatic hydroxyl groups excluding tert-OH is 1. The van der Waals surface area contributed by atoms with E-state index in [2.05, 4.69) is 15.1 Å². The molecule has 7 atom stereocenters. The molecule has 234 valence electrons. The summed E-state index contributed by atoms with van der Waals surface area (Å²) in [6.07, 6.45) is -4.57. The van der Waals surface area contributed by atoms with Gasteiger partial charge in [0, 0.05) is 18.7 Å². The number of carbonyl (C=O) groups is 3. The van der Waals surface area contributed by atoms with Crippen molar-refractivity contribution in [2.75, 3.05) is 13.7 Å². The Labute approximate surface area is 243 Å². The lowest BCUT2D eigenvalue weighted by molar-refractivity contribution is -0.146. The smallest absolute Gasteiger partial charge is 0.453 e. The van der Waals surface area contributed by atoms with Crippen LogP contribution in [0.3, 0.4) is 0 Å². The molecule has 2 aliphatic rings. The van der Waals surface area contributed by atoms with Crippen molar-refractivity contribution in [2.45, 2.75) is 62.7 Å². The van der Waals surface area contributed by atoms with E-state index in [4.69, 9.17) is 18.5 Å². The van der Waals surface area contributed by atoms with Gasteiger partial charge in [-0.3, -0.25) is 18.7 Å². The third-order valence-corrected chi connectivity index (χ3v) is 8.47. The Morgan fingerprint density at radius 1 is 1.28 bits per heavy atom. The van der Waals surface area contributed by atoms with Crippen molar-refractivity contribution in [3.8, 4) is 5.75 Å². The molecule has 43 heavy (non-hydrogen) atoms. The van der Waals surface area contributed by atoms with Gasteiger partial charge < -0.3 is 34.0 Å². The molecule has 2 aromatic rings. The Balaban J connectivity index is 1.54. The summed E-state index contributed by atoms with van der Waals surface area (Å²) in [5, 5.41) is 15.5. The molecule has 1 aliphatic carbocycles. The molecule has 1 saturated carbocycles. The number of alkyl halides is 1. The van der Waals surface area contributed by atoms with Gasteiger partial charge in [0.15, 0.2) is 18.6 Å². The van der Waals surface area contributed by atoms with Crippen LogP contribution < -0.4 is 26.2 Å². The summed E-state index contributed by atoms with van der Waals surface area (Å²) in [6, 6.07) is 7.84. The van der Waals surface area contributed by atoms with Crippen molar-refractivity contribution in [2.24, 2.45) is 0 Å². The third-order valence-electron chi connectivity index (χ3n) is 6.77. The molecule has 1 unspecified atom stereocenters. The molecule has 16 nitrogen and oxygen atoms in total. The average Bonchev–Trinajstić information content (AvgIpc) is 3.61. The standard InChI is InChI=1S/C25H30FN4O12P/c1-15(13-31)28-43(37,41-16-7-5-4-6-8-16)42-17-11-25(17)20(34)24(2,26)21(40-25)29-10-9-18(32)30(23(29)36)14-39-19(33)12-27-22(35)38-3/h4-10,13,15,17,20-21,34H,11-12,14H2,1-3H3,(H,27,35)(H,28,37)/t15-,17+,20-,21+,24+,25?,43-/m0/s1. The molecular weight excluding hydrogens is 598 g/mol. The lowest BCUT2D eigenvalue weighted by atomic mass is 9.97. The number of hydrogen-bond acceptors (Lipinski definition) is 12. The number of methoxy groups -OCH3 is 1. The van der Waals surface area contributed by atoms with Gasteiger partial charge in [-0.1, -0.05) is 18.2 Å². The number of para-hydroxylation sites is 1. The second kappa shape index (κ2) is 12.4. The summed E-state index contributed by atoms with van der Waals surface area (Å²) in [5.41, 5.74) is -6.45. The van der Waals surface area contributed by atoms with Crippen LogP contribution in [0.15, 0.2) is 52.2 Å². The minimum absolute atomic E-state index is 0.141. The Kier molecular flexibility index (Phi) is 9.22. The van der Waals surface area contributed by atoms with E-state index in [0.717, 1.165) is 26.3 Å². The number of esters is 1. The van der Waals surface area contributed by atoms with Gasteiger partial charge in [0.25, 0.3) is 5.56 Å².